The number of hydrogen-bond acceptors (Lipinski definition) is 2. The summed E-state index contributed by atoms with van der Waals surface area (Å²) >= 11 is 0. The first kappa shape index (κ1) is 11.1. The normalized spacial score (nSPS) is 10.1. The van der Waals surface area contributed by atoms with Crippen LogP contribution in [0.25, 0.3) is 0 Å². The van der Waals surface area contributed by atoms with E-state index in [9.17, 15) is 0 Å². The van der Waals surface area contributed by atoms with Gasteiger partial charge < -0.3 is 10.6 Å². The number of unbranched alkanes of at least 4 members (excludes halogenated alkanes) is 2. The van der Waals surface area contributed by atoms with Crippen LogP contribution in [0.5, 0.6) is 0 Å². The molecule has 0 saturated carbocycles. The lowest BCUT2D eigenvalue weighted by Gasteiger charge is -2.18. The Labute approximate surface area is 86.7 Å². The lowest BCUT2D eigenvalue weighted by molar-refractivity contribution is 0.679. The van der Waals surface area contributed by atoms with E-state index in [1.165, 1.54) is 18.5 Å². The molecule has 1 aromatic carbocycles. The molecule has 0 amide bonds. The van der Waals surface area contributed by atoms with Gasteiger partial charge in [0.15, 0.2) is 0 Å². The van der Waals surface area contributed by atoms with Crippen molar-refractivity contribution in [2.75, 3.05) is 25.0 Å². The summed E-state index contributed by atoms with van der Waals surface area (Å²) in [7, 11) is 2.14. The standard InChI is InChI=1S/C12H20N2/c1-14(11-7-3-6-10-13)12-8-4-2-5-9-12/h2,4-5,8-9H,3,6-7,10-11,13H2,1H3. The molecule has 0 atom stereocenters. The maximum Gasteiger partial charge on any atom is 0.0363 e. The molecule has 0 aliphatic heterocycles. The zero-order valence-corrected chi connectivity index (χ0v) is 8.95. The first-order valence-electron chi connectivity index (χ1n) is 5.31. The van der Waals surface area contributed by atoms with Crippen molar-refractivity contribution in [2.24, 2.45) is 5.73 Å². The molecule has 2 heteroatoms. The fourth-order valence-corrected chi connectivity index (χ4v) is 1.48. The van der Waals surface area contributed by atoms with E-state index in [1.54, 1.807) is 0 Å². The highest BCUT2D eigenvalue weighted by Gasteiger charge is 1.98. The molecule has 0 fully saturated rings. The molecule has 2 nitrogen and oxygen atoms in total. The number of anilines is 1. The lowest BCUT2D eigenvalue weighted by Crippen LogP contribution is -2.18. The van der Waals surface area contributed by atoms with Crippen LogP contribution in [0.2, 0.25) is 0 Å². The number of nitrogens with zero attached hydrogens (tertiary/aromatic N) is 1. The Kier molecular flexibility index (Phi) is 5.08. The highest BCUT2D eigenvalue weighted by atomic mass is 15.1. The Morgan fingerprint density at radius 1 is 1.07 bits per heavy atom. The van der Waals surface area contributed by atoms with Gasteiger partial charge in [-0.05, 0) is 31.5 Å². The minimum atomic E-state index is 0.815. The van der Waals surface area contributed by atoms with E-state index in [1.807, 2.05) is 6.07 Å². The van der Waals surface area contributed by atoms with E-state index < -0.39 is 0 Å². The largest absolute Gasteiger partial charge is 0.375 e. The second-order valence-electron chi connectivity index (χ2n) is 3.61. The zero-order chi connectivity index (χ0) is 10.2. The van der Waals surface area contributed by atoms with E-state index in [0.717, 1.165) is 19.5 Å². The summed E-state index contributed by atoms with van der Waals surface area (Å²) in [5.41, 5.74) is 6.73. The van der Waals surface area contributed by atoms with Gasteiger partial charge >= 0.3 is 0 Å². The first-order valence-corrected chi connectivity index (χ1v) is 5.31. The van der Waals surface area contributed by atoms with Gasteiger partial charge in [0.25, 0.3) is 0 Å². The summed E-state index contributed by atoms with van der Waals surface area (Å²) in [5.74, 6) is 0. The predicted molar refractivity (Wildman–Crippen MR) is 62.6 cm³/mol. The first-order chi connectivity index (χ1) is 6.84. The Morgan fingerprint density at radius 2 is 1.79 bits per heavy atom. The molecule has 2 N–H and O–H groups in total. The summed E-state index contributed by atoms with van der Waals surface area (Å²) in [4.78, 5) is 2.29. The highest BCUT2D eigenvalue weighted by molar-refractivity contribution is 5.44. The molecular weight excluding hydrogens is 172 g/mol. The van der Waals surface area contributed by atoms with Crippen LogP contribution in [0.15, 0.2) is 30.3 Å². The smallest absolute Gasteiger partial charge is 0.0363 e. The van der Waals surface area contributed by atoms with E-state index in [0.29, 0.717) is 0 Å². The van der Waals surface area contributed by atoms with Gasteiger partial charge in [-0.25, -0.2) is 0 Å². The molecule has 0 saturated heterocycles. The maximum atomic E-state index is 5.44. The summed E-state index contributed by atoms with van der Waals surface area (Å²) in [6, 6.07) is 10.5. The highest BCUT2D eigenvalue weighted by Crippen LogP contribution is 2.11. The van der Waals surface area contributed by atoms with E-state index in [-0.39, 0.29) is 0 Å². The summed E-state index contributed by atoms with van der Waals surface area (Å²) in [5, 5.41) is 0. The van der Waals surface area contributed by atoms with Crippen molar-refractivity contribution in [3.8, 4) is 0 Å². The van der Waals surface area contributed by atoms with Crippen molar-refractivity contribution in [2.45, 2.75) is 19.3 Å². The predicted octanol–water partition coefficient (Wildman–Crippen LogP) is 2.25. The third-order valence-corrected chi connectivity index (χ3v) is 2.39. The molecule has 78 valence electrons. The van der Waals surface area contributed by atoms with Crippen LogP contribution in [0.1, 0.15) is 19.3 Å². The SMILES string of the molecule is CN(CCCCCN)c1ccccc1. The fraction of sp³-hybridized carbons (Fsp3) is 0.500. The fourth-order valence-electron chi connectivity index (χ4n) is 1.48. The van der Waals surface area contributed by atoms with Gasteiger partial charge in [-0.2, -0.15) is 0 Å². The van der Waals surface area contributed by atoms with Crippen LogP contribution in [0.3, 0.4) is 0 Å². The molecule has 0 aromatic heterocycles. The van der Waals surface area contributed by atoms with Gasteiger partial charge in [-0.3, -0.25) is 0 Å². The van der Waals surface area contributed by atoms with Crippen LogP contribution in [-0.2, 0) is 0 Å². The summed E-state index contributed by atoms with van der Waals surface area (Å²) < 4.78 is 0. The number of nitrogens with two attached hydrogens (primary N) is 1. The van der Waals surface area contributed by atoms with E-state index >= 15 is 0 Å². The van der Waals surface area contributed by atoms with Crippen LogP contribution in [-0.4, -0.2) is 20.1 Å². The number of hydrogen-bond donors (Lipinski definition) is 1. The molecule has 0 radical (unpaired) electrons. The minimum Gasteiger partial charge on any atom is -0.375 e. The molecule has 1 aromatic rings. The van der Waals surface area contributed by atoms with Crippen molar-refractivity contribution in [3.63, 3.8) is 0 Å². The lowest BCUT2D eigenvalue weighted by atomic mass is 10.2. The molecule has 0 heterocycles. The second-order valence-corrected chi connectivity index (χ2v) is 3.61. The molecule has 1 rings (SSSR count). The average Bonchev–Trinajstić information content (AvgIpc) is 2.25. The second kappa shape index (κ2) is 6.44. The Morgan fingerprint density at radius 3 is 2.43 bits per heavy atom. The van der Waals surface area contributed by atoms with Crippen LogP contribution >= 0.6 is 0 Å². The number of benzene rings is 1. The van der Waals surface area contributed by atoms with Crippen molar-refractivity contribution < 1.29 is 0 Å². The third-order valence-electron chi connectivity index (χ3n) is 2.39. The topological polar surface area (TPSA) is 29.3 Å². The minimum absolute atomic E-state index is 0.815. The molecule has 0 spiro atoms. The average molecular weight is 192 g/mol. The van der Waals surface area contributed by atoms with Gasteiger partial charge in [0.2, 0.25) is 0 Å². The maximum absolute atomic E-state index is 5.44. The Bertz CT molecular complexity index is 233. The van der Waals surface area contributed by atoms with Gasteiger partial charge in [0.05, 0.1) is 0 Å². The Hall–Kier alpha value is -1.02. The van der Waals surface area contributed by atoms with Crippen LogP contribution in [0, 0.1) is 0 Å². The van der Waals surface area contributed by atoms with Crippen molar-refractivity contribution in [3.05, 3.63) is 30.3 Å². The molecule has 0 unspecified atom stereocenters. The van der Waals surface area contributed by atoms with Crippen molar-refractivity contribution in [1.29, 1.82) is 0 Å². The number of rotatable bonds is 6. The van der Waals surface area contributed by atoms with Gasteiger partial charge in [-0.1, -0.05) is 24.6 Å². The van der Waals surface area contributed by atoms with E-state index in [4.69, 9.17) is 5.73 Å². The van der Waals surface area contributed by atoms with E-state index in [2.05, 4.69) is 36.2 Å². The summed E-state index contributed by atoms with van der Waals surface area (Å²) in [6.07, 6.45) is 3.60. The molecule has 0 aliphatic rings. The molecule has 0 bridgehead atoms. The van der Waals surface area contributed by atoms with Gasteiger partial charge in [0.1, 0.15) is 0 Å². The van der Waals surface area contributed by atoms with Crippen molar-refractivity contribution >= 4 is 5.69 Å². The van der Waals surface area contributed by atoms with Crippen LogP contribution < -0.4 is 10.6 Å². The van der Waals surface area contributed by atoms with Gasteiger partial charge in [-0.15, -0.1) is 0 Å². The molecule has 14 heavy (non-hydrogen) atoms. The molecular formula is C12H20N2. The Balaban J connectivity index is 2.25. The zero-order valence-electron chi connectivity index (χ0n) is 8.95. The molecule has 0 aliphatic carbocycles. The quantitative estimate of drug-likeness (QED) is 0.700. The van der Waals surface area contributed by atoms with Gasteiger partial charge in [0, 0.05) is 19.3 Å². The summed E-state index contributed by atoms with van der Waals surface area (Å²) in [6.45, 7) is 1.93. The van der Waals surface area contributed by atoms with Crippen LogP contribution in [0.4, 0.5) is 5.69 Å². The third kappa shape index (κ3) is 3.79. The van der Waals surface area contributed by atoms with Crippen molar-refractivity contribution in [1.82, 2.24) is 0 Å². The monoisotopic (exact) mass is 192 g/mol. The number of para-hydroxylation sites is 1.